The summed E-state index contributed by atoms with van der Waals surface area (Å²) in [5.74, 6) is -7.22. The van der Waals surface area contributed by atoms with Gasteiger partial charge >= 0.3 is 0 Å². The third-order valence-electron chi connectivity index (χ3n) is 9.02. The molecule has 2 aliphatic carbocycles. The highest BCUT2D eigenvalue weighted by molar-refractivity contribution is 9.10. The summed E-state index contributed by atoms with van der Waals surface area (Å²) in [5.41, 5.74) is -0.0137. The van der Waals surface area contributed by atoms with Crippen LogP contribution in [0, 0.1) is 34.9 Å². The van der Waals surface area contributed by atoms with Crippen LogP contribution in [-0.2, 0) is 19.2 Å². The van der Waals surface area contributed by atoms with E-state index in [2.05, 4.69) is 15.9 Å². The van der Waals surface area contributed by atoms with Crippen molar-refractivity contribution in [3.05, 3.63) is 62.9 Å². The first kappa shape index (κ1) is 26.9. The molecular formula is C28H23BrClFN2O7. The number of nitrogens with zero attached hydrogens (tertiary/aromatic N) is 2. The van der Waals surface area contributed by atoms with Crippen molar-refractivity contribution < 1.29 is 38.6 Å². The van der Waals surface area contributed by atoms with Gasteiger partial charge in [-0.05, 0) is 77.5 Å². The fraction of sp³-hybridized carbons (Fsp3) is 0.357. The average Bonchev–Trinajstić information content (AvgIpc) is 3.26. The molecule has 40 heavy (non-hydrogen) atoms. The van der Waals surface area contributed by atoms with E-state index in [9.17, 15) is 33.9 Å². The number of hydrogen-bond donors (Lipinski definition) is 2. The first-order valence-electron chi connectivity index (χ1n) is 12.6. The normalized spacial score (nSPS) is 31.2. The maximum Gasteiger partial charge on any atom is 0.257 e. The number of halogens is 3. The van der Waals surface area contributed by atoms with Crippen LogP contribution >= 0.6 is 27.5 Å². The minimum Gasteiger partial charge on any atom is -0.503 e. The number of rotatable bonds is 3. The van der Waals surface area contributed by atoms with E-state index < -0.39 is 64.5 Å². The summed E-state index contributed by atoms with van der Waals surface area (Å²) >= 11 is 9.34. The molecule has 0 spiro atoms. The molecule has 3 fully saturated rings. The Hall–Kier alpha value is -3.28. The number of ether oxygens (including phenoxy) is 1. The van der Waals surface area contributed by atoms with E-state index in [0.29, 0.717) is 15.6 Å². The Balaban J connectivity index is 1.56. The van der Waals surface area contributed by atoms with Gasteiger partial charge in [0, 0.05) is 5.92 Å². The number of hydroxylamine groups is 2. The van der Waals surface area contributed by atoms with Gasteiger partial charge in [-0.15, -0.1) is 0 Å². The molecule has 12 heteroatoms. The Kier molecular flexibility index (Phi) is 6.14. The standard InChI is InChI=1S/C28H23BrClFN2O7/c1-28-16(25(36)32(27(28)38)12-3-6-19(31)18(30)9-12)10-15-13(4-5-14-21(15)26(37)33(39)24(14)35)22(28)11-7-17(29)23(34)20(8-11)40-2/h3-4,6-9,14-16,21-22,34,39H,5,10H2,1-2H3/t14-,15+,16-,21-,22-,28+/m0/s1. The Morgan fingerprint density at radius 3 is 2.50 bits per heavy atom. The fourth-order valence-corrected chi connectivity index (χ4v) is 7.80. The van der Waals surface area contributed by atoms with Crippen molar-refractivity contribution in [2.24, 2.45) is 29.1 Å². The summed E-state index contributed by atoms with van der Waals surface area (Å²) in [7, 11) is 1.38. The van der Waals surface area contributed by atoms with Crippen LogP contribution in [0.3, 0.4) is 0 Å². The van der Waals surface area contributed by atoms with Crippen molar-refractivity contribution >= 4 is 56.8 Å². The minimum atomic E-state index is -1.36. The fourth-order valence-electron chi connectivity index (χ4n) is 7.17. The summed E-state index contributed by atoms with van der Waals surface area (Å²) in [6.07, 6.45) is 2.08. The van der Waals surface area contributed by atoms with E-state index in [1.807, 2.05) is 6.08 Å². The van der Waals surface area contributed by atoms with E-state index in [1.165, 1.54) is 19.2 Å². The molecule has 208 valence electrons. The molecule has 2 N–H and O–H groups in total. The Morgan fingerprint density at radius 2 is 1.82 bits per heavy atom. The number of aromatic hydroxyl groups is 1. The van der Waals surface area contributed by atoms with Gasteiger partial charge in [-0.2, -0.15) is 5.06 Å². The maximum absolute atomic E-state index is 14.3. The van der Waals surface area contributed by atoms with E-state index >= 15 is 0 Å². The summed E-state index contributed by atoms with van der Waals surface area (Å²) in [6, 6.07) is 6.81. The lowest BCUT2D eigenvalue weighted by Crippen LogP contribution is -2.48. The first-order chi connectivity index (χ1) is 18.9. The molecule has 6 rings (SSSR count). The number of anilines is 1. The lowest BCUT2D eigenvalue weighted by Gasteiger charge is -2.49. The number of carbonyl (C=O) groups is 4. The zero-order chi connectivity index (χ0) is 28.8. The van der Waals surface area contributed by atoms with Gasteiger partial charge in [0.05, 0.1) is 45.5 Å². The van der Waals surface area contributed by atoms with Gasteiger partial charge < -0.3 is 9.84 Å². The van der Waals surface area contributed by atoms with E-state index in [-0.39, 0.29) is 40.1 Å². The Morgan fingerprint density at radius 1 is 1.10 bits per heavy atom. The lowest BCUT2D eigenvalue weighted by molar-refractivity contribution is -0.173. The van der Waals surface area contributed by atoms with Crippen LogP contribution in [0.4, 0.5) is 10.1 Å². The topological polar surface area (TPSA) is 124 Å². The van der Waals surface area contributed by atoms with Crippen LogP contribution in [0.1, 0.15) is 31.2 Å². The molecule has 2 aromatic rings. The molecule has 9 nitrogen and oxygen atoms in total. The number of carbonyl (C=O) groups excluding carboxylic acids is 4. The molecule has 0 aromatic heterocycles. The summed E-state index contributed by atoms with van der Waals surface area (Å²) < 4.78 is 19.6. The second-order valence-corrected chi connectivity index (χ2v) is 12.1. The summed E-state index contributed by atoms with van der Waals surface area (Å²) in [6.45, 7) is 1.68. The second-order valence-electron chi connectivity index (χ2n) is 10.8. The number of hydrogen-bond acceptors (Lipinski definition) is 7. The molecule has 1 saturated carbocycles. The zero-order valence-corrected chi connectivity index (χ0v) is 23.6. The number of amides is 4. The SMILES string of the molecule is COc1cc([C@H]2C3=CC[C@@H]4C(=O)N(O)C(=O)[C@@H]4[C@@H]3C[C@H]3C(=O)N(c4ccc(F)c(Cl)c4)C(=O)[C@@]23C)cc(Br)c1O. The zero-order valence-electron chi connectivity index (χ0n) is 21.2. The highest BCUT2D eigenvalue weighted by Gasteiger charge is 2.67. The van der Waals surface area contributed by atoms with Gasteiger partial charge in [0.2, 0.25) is 11.8 Å². The largest absolute Gasteiger partial charge is 0.503 e. The van der Waals surface area contributed by atoms with Crippen LogP contribution in [0.15, 0.2) is 46.5 Å². The van der Waals surface area contributed by atoms with Crippen LogP contribution in [0.5, 0.6) is 11.5 Å². The number of fused-ring (bicyclic) bond motifs is 4. The average molecular weight is 634 g/mol. The minimum absolute atomic E-state index is 0.0826. The molecule has 4 amide bonds. The van der Waals surface area contributed by atoms with Gasteiger partial charge in [0.25, 0.3) is 11.8 Å². The molecule has 0 radical (unpaired) electrons. The number of benzene rings is 2. The molecule has 0 bridgehead atoms. The van der Waals surface area contributed by atoms with Gasteiger partial charge in [-0.1, -0.05) is 23.3 Å². The van der Waals surface area contributed by atoms with Gasteiger partial charge in [-0.3, -0.25) is 24.4 Å². The molecule has 0 unspecified atom stereocenters. The number of methoxy groups -OCH3 is 1. The number of allylic oxidation sites excluding steroid dienone is 2. The van der Waals surface area contributed by atoms with Gasteiger partial charge in [0.1, 0.15) is 5.82 Å². The highest BCUT2D eigenvalue weighted by Crippen LogP contribution is 2.64. The predicted molar refractivity (Wildman–Crippen MR) is 142 cm³/mol. The first-order valence-corrected chi connectivity index (χ1v) is 13.7. The Labute approximate surface area is 241 Å². The van der Waals surface area contributed by atoms with E-state index in [1.54, 1.807) is 19.1 Å². The molecule has 2 aliphatic heterocycles. The third-order valence-corrected chi connectivity index (χ3v) is 9.91. The lowest BCUT2D eigenvalue weighted by atomic mass is 9.51. The van der Waals surface area contributed by atoms with Crippen LogP contribution in [0.25, 0.3) is 0 Å². The molecule has 4 aliphatic rings. The predicted octanol–water partition coefficient (Wildman–Crippen LogP) is 4.58. The summed E-state index contributed by atoms with van der Waals surface area (Å²) in [5, 5.41) is 20.5. The van der Waals surface area contributed by atoms with Crippen molar-refractivity contribution in [1.29, 1.82) is 0 Å². The summed E-state index contributed by atoms with van der Waals surface area (Å²) in [4.78, 5) is 55.1. The molecular weight excluding hydrogens is 611 g/mol. The molecule has 2 aromatic carbocycles. The van der Waals surface area contributed by atoms with Crippen molar-refractivity contribution in [3.8, 4) is 11.5 Å². The quantitative estimate of drug-likeness (QED) is 0.288. The molecule has 6 atom stereocenters. The Bertz CT molecular complexity index is 1560. The van der Waals surface area contributed by atoms with Crippen LogP contribution < -0.4 is 9.64 Å². The highest BCUT2D eigenvalue weighted by atomic mass is 79.9. The smallest absolute Gasteiger partial charge is 0.257 e. The second kappa shape index (κ2) is 9.12. The number of phenols is 1. The third kappa shape index (κ3) is 3.47. The van der Waals surface area contributed by atoms with Crippen molar-refractivity contribution in [1.82, 2.24) is 5.06 Å². The van der Waals surface area contributed by atoms with E-state index in [0.717, 1.165) is 11.0 Å². The van der Waals surface area contributed by atoms with Crippen molar-refractivity contribution in [2.45, 2.75) is 25.7 Å². The van der Waals surface area contributed by atoms with Gasteiger partial charge in [-0.25, -0.2) is 9.29 Å². The monoisotopic (exact) mass is 632 g/mol. The van der Waals surface area contributed by atoms with Crippen molar-refractivity contribution in [2.75, 3.05) is 12.0 Å². The number of phenolic OH excluding ortho intramolecular Hbond substituents is 1. The van der Waals surface area contributed by atoms with Crippen LogP contribution in [-0.4, -0.2) is 46.1 Å². The van der Waals surface area contributed by atoms with Crippen LogP contribution in [0.2, 0.25) is 5.02 Å². The van der Waals surface area contributed by atoms with Crippen molar-refractivity contribution in [3.63, 3.8) is 0 Å². The number of imide groups is 2. The van der Waals surface area contributed by atoms with Gasteiger partial charge in [0.15, 0.2) is 11.5 Å². The maximum atomic E-state index is 14.3. The molecule has 2 saturated heterocycles. The molecule has 2 heterocycles. The van der Waals surface area contributed by atoms with E-state index in [4.69, 9.17) is 16.3 Å².